The largest absolute Gasteiger partial charge is 0.508 e. The average molecular weight is 428 g/mol. The van der Waals surface area contributed by atoms with E-state index in [0.717, 1.165) is 5.56 Å². The van der Waals surface area contributed by atoms with Crippen LogP contribution in [0.25, 0.3) is 0 Å². The number of benzene rings is 2. The van der Waals surface area contributed by atoms with Crippen molar-refractivity contribution in [3.05, 3.63) is 59.7 Å². The van der Waals surface area contributed by atoms with Gasteiger partial charge in [-0.3, -0.25) is 19.6 Å². The lowest BCUT2D eigenvalue weighted by Crippen LogP contribution is -2.30. The molecule has 0 atom stereocenters. The number of nitrogens with zero attached hydrogens (tertiary/aromatic N) is 1. The molecule has 0 aliphatic rings. The van der Waals surface area contributed by atoms with Gasteiger partial charge >= 0.3 is 0 Å². The molecule has 0 aromatic heterocycles. The van der Waals surface area contributed by atoms with Crippen molar-refractivity contribution in [1.82, 2.24) is 10.8 Å². The van der Waals surface area contributed by atoms with Crippen LogP contribution < -0.4 is 15.7 Å². The zero-order valence-corrected chi connectivity index (χ0v) is 17.6. The van der Waals surface area contributed by atoms with Gasteiger partial charge in [0.2, 0.25) is 11.8 Å². The minimum atomic E-state index is -0.441. The Labute approximate surface area is 181 Å². The number of nitrogens with one attached hydrogen (secondary N) is 2. The van der Waals surface area contributed by atoms with Gasteiger partial charge in [0.15, 0.2) is 0 Å². The van der Waals surface area contributed by atoms with Gasteiger partial charge in [-0.05, 0) is 61.7 Å². The molecule has 0 spiro atoms. The van der Waals surface area contributed by atoms with E-state index in [1.165, 1.54) is 12.1 Å². The van der Waals surface area contributed by atoms with Crippen molar-refractivity contribution in [1.29, 1.82) is 0 Å². The van der Waals surface area contributed by atoms with Crippen LogP contribution in [0.2, 0.25) is 0 Å². The molecule has 31 heavy (non-hydrogen) atoms. The molecule has 0 saturated heterocycles. The van der Waals surface area contributed by atoms with Crippen molar-refractivity contribution in [2.24, 2.45) is 0 Å². The Morgan fingerprint density at radius 3 is 2.35 bits per heavy atom. The van der Waals surface area contributed by atoms with Crippen LogP contribution in [0.1, 0.15) is 54.9 Å². The summed E-state index contributed by atoms with van der Waals surface area (Å²) in [5.41, 5.74) is 3.58. The third-order valence-corrected chi connectivity index (χ3v) is 4.75. The molecule has 0 aliphatic heterocycles. The topological polar surface area (TPSA) is 119 Å². The fourth-order valence-corrected chi connectivity index (χ4v) is 3.14. The van der Waals surface area contributed by atoms with Gasteiger partial charge in [-0.15, -0.1) is 0 Å². The maximum atomic E-state index is 13.0. The van der Waals surface area contributed by atoms with Crippen LogP contribution in [0.15, 0.2) is 48.5 Å². The van der Waals surface area contributed by atoms with Gasteiger partial charge in [-0.25, -0.2) is 5.48 Å². The summed E-state index contributed by atoms with van der Waals surface area (Å²) in [5, 5.41) is 20.9. The van der Waals surface area contributed by atoms with Crippen LogP contribution in [0.3, 0.4) is 0 Å². The predicted molar refractivity (Wildman–Crippen MR) is 117 cm³/mol. The molecule has 0 heterocycles. The lowest BCUT2D eigenvalue weighted by Gasteiger charge is -2.23. The van der Waals surface area contributed by atoms with E-state index in [4.69, 9.17) is 5.21 Å². The van der Waals surface area contributed by atoms with E-state index >= 15 is 0 Å². The van der Waals surface area contributed by atoms with Gasteiger partial charge in [0.1, 0.15) is 5.75 Å². The first-order valence-electron chi connectivity index (χ1n) is 10.3. The molecule has 2 rings (SSSR count). The fraction of sp³-hybridized carbons (Fsp3) is 0.348. The SMILES string of the molecule is CCNC(=O)c1cccc(CN(C(=O)CCCCCC(=O)NO)c2ccc(O)cc2)c1. The second-order valence-electron chi connectivity index (χ2n) is 7.15. The number of rotatable bonds is 11. The monoisotopic (exact) mass is 427 g/mol. The van der Waals surface area contributed by atoms with Gasteiger partial charge in [0.25, 0.3) is 5.91 Å². The number of carbonyl (C=O) groups excluding carboxylic acids is 3. The van der Waals surface area contributed by atoms with E-state index in [9.17, 15) is 19.5 Å². The van der Waals surface area contributed by atoms with Crippen LogP contribution in [-0.2, 0) is 16.1 Å². The summed E-state index contributed by atoms with van der Waals surface area (Å²) in [6, 6.07) is 13.5. The third kappa shape index (κ3) is 7.75. The summed E-state index contributed by atoms with van der Waals surface area (Å²) in [6.45, 7) is 2.66. The molecular weight excluding hydrogens is 398 g/mol. The molecule has 0 unspecified atom stereocenters. The smallest absolute Gasteiger partial charge is 0.251 e. The summed E-state index contributed by atoms with van der Waals surface area (Å²) < 4.78 is 0. The predicted octanol–water partition coefficient (Wildman–Crippen LogP) is 3.13. The third-order valence-electron chi connectivity index (χ3n) is 4.75. The van der Waals surface area contributed by atoms with Crippen molar-refractivity contribution < 1.29 is 24.7 Å². The highest BCUT2D eigenvalue weighted by atomic mass is 16.5. The van der Waals surface area contributed by atoms with Crippen molar-refractivity contribution in [2.75, 3.05) is 11.4 Å². The lowest BCUT2D eigenvalue weighted by molar-refractivity contribution is -0.129. The minimum absolute atomic E-state index is 0.0966. The summed E-state index contributed by atoms with van der Waals surface area (Å²) >= 11 is 0. The number of hydroxylamine groups is 1. The van der Waals surface area contributed by atoms with E-state index in [1.54, 1.807) is 40.7 Å². The van der Waals surface area contributed by atoms with Crippen LogP contribution in [-0.4, -0.2) is 34.6 Å². The van der Waals surface area contributed by atoms with E-state index in [2.05, 4.69) is 5.32 Å². The highest BCUT2D eigenvalue weighted by Crippen LogP contribution is 2.22. The molecule has 8 nitrogen and oxygen atoms in total. The number of anilines is 1. The summed E-state index contributed by atoms with van der Waals surface area (Å²) in [6.07, 6.45) is 2.35. The number of amides is 3. The Hall–Kier alpha value is -3.39. The van der Waals surface area contributed by atoms with Crippen molar-refractivity contribution in [3.8, 4) is 5.75 Å². The zero-order valence-electron chi connectivity index (χ0n) is 17.6. The van der Waals surface area contributed by atoms with Gasteiger partial charge in [-0.1, -0.05) is 18.6 Å². The lowest BCUT2D eigenvalue weighted by atomic mass is 10.1. The van der Waals surface area contributed by atoms with Gasteiger partial charge in [0.05, 0.1) is 6.54 Å². The maximum Gasteiger partial charge on any atom is 0.251 e. The molecule has 0 aliphatic carbocycles. The molecule has 8 heteroatoms. The highest BCUT2D eigenvalue weighted by Gasteiger charge is 2.17. The van der Waals surface area contributed by atoms with Crippen LogP contribution >= 0.6 is 0 Å². The normalized spacial score (nSPS) is 10.4. The molecular formula is C23H29N3O5. The summed E-state index contributed by atoms with van der Waals surface area (Å²) in [4.78, 5) is 37.8. The highest BCUT2D eigenvalue weighted by molar-refractivity contribution is 5.95. The molecule has 166 valence electrons. The van der Waals surface area contributed by atoms with Gasteiger partial charge in [0, 0.05) is 30.6 Å². The van der Waals surface area contributed by atoms with Gasteiger partial charge < -0.3 is 15.3 Å². The fourth-order valence-electron chi connectivity index (χ4n) is 3.14. The second kappa shape index (κ2) is 12.3. The molecule has 0 bridgehead atoms. The number of hydrogen-bond donors (Lipinski definition) is 4. The maximum absolute atomic E-state index is 13.0. The second-order valence-corrected chi connectivity index (χ2v) is 7.15. The van der Waals surface area contributed by atoms with Crippen LogP contribution in [0.5, 0.6) is 5.75 Å². The Morgan fingerprint density at radius 2 is 1.68 bits per heavy atom. The van der Waals surface area contributed by atoms with Crippen molar-refractivity contribution in [2.45, 2.75) is 45.6 Å². The van der Waals surface area contributed by atoms with Crippen LogP contribution in [0, 0.1) is 0 Å². The Balaban J connectivity index is 2.10. The molecule has 2 aromatic rings. The molecule has 3 amide bonds. The molecule has 0 saturated carbocycles. The van der Waals surface area contributed by atoms with Crippen molar-refractivity contribution >= 4 is 23.4 Å². The summed E-state index contributed by atoms with van der Waals surface area (Å²) in [5.74, 6) is -0.597. The number of phenolic OH excluding ortho intramolecular Hbond substituents is 1. The van der Waals surface area contributed by atoms with E-state index in [0.29, 0.717) is 37.1 Å². The number of hydrogen-bond acceptors (Lipinski definition) is 5. The summed E-state index contributed by atoms with van der Waals surface area (Å²) in [7, 11) is 0. The number of aromatic hydroxyl groups is 1. The minimum Gasteiger partial charge on any atom is -0.508 e. The first-order valence-corrected chi connectivity index (χ1v) is 10.3. The molecule has 0 fully saturated rings. The number of carbonyl (C=O) groups is 3. The Kier molecular flexibility index (Phi) is 9.51. The number of phenols is 1. The molecule has 4 N–H and O–H groups in total. The Bertz CT molecular complexity index is 883. The van der Waals surface area contributed by atoms with E-state index < -0.39 is 5.91 Å². The van der Waals surface area contributed by atoms with E-state index in [-0.39, 0.29) is 37.0 Å². The van der Waals surface area contributed by atoms with Crippen LogP contribution in [0.4, 0.5) is 5.69 Å². The molecule has 2 aromatic carbocycles. The molecule has 0 radical (unpaired) electrons. The first-order chi connectivity index (χ1) is 14.9. The quantitative estimate of drug-likeness (QED) is 0.250. The van der Waals surface area contributed by atoms with Crippen molar-refractivity contribution in [3.63, 3.8) is 0 Å². The standard InChI is InChI=1S/C23H29N3O5/c1-2-24-23(30)18-8-6-7-17(15-18)16-26(19-11-13-20(27)14-12-19)22(29)10-5-3-4-9-21(28)25-31/h6-8,11-15,27,31H,2-5,9-10,16H2,1H3,(H,24,30)(H,25,28). The first kappa shape index (κ1) is 23.9. The van der Waals surface area contributed by atoms with E-state index in [1.807, 2.05) is 13.0 Å². The van der Waals surface area contributed by atoms with Gasteiger partial charge in [-0.2, -0.15) is 0 Å². The Morgan fingerprint density at radius 1 is 0.968 bits per heavy atom. The average Bonchev–Trinajstić information content (AvgIpc) is 2.78. The zero-order chi connectivity index (χ0) is 22.6. The number of unbranched alkanes of at least 4 members (excludes halogenated alkanes) is 2.